The van der Waals surface area contributed by atoms with Gasteiger partial charge in [0.15, 0.2) is 0 Å². The molecule has 5 nitrogen and oxygen atoms in total. The number of aromatic nitrogens is 2. The summed E-state index contributed by atoms with van der Waals surface area (Å²) in [7, 11) is 6.38. The Balaban J connectivity index is 0.000000224. The van der Waals surface area contributed by atoms with Crippen LogP contribution >= 0.6 is 23.1 Å². The van der Waals surface area contributed by atoms with Gasteiger partial charge in [-0.15, -0.1) is 16.7 Å². The zero-order chi connectivity index (χ0) is 14.5. The van der Waals surface area contributed by atoms with Crippen LogP contribution in [0.2, 0.25) is 0 Å². The van der Waals surface area contributed by atoms with Crippen LogP contribution in [0, 0.1) is 0 Å². The van der Waals surface area contributed by atoms with Crippen LogP contribution in [0.15, 0.2) is 18.2 Å². The maximum atomic E-state index is 10.6. The molecular weight excluding hydrogens is 286 g/mol. The molecule has 0 amide bonds. The summed E-state index contributed by atoms with van der Waals surface area (Å²) in [5.74, 6) is -0.435. The van der Waals surface area contributed by atoms with Gasteiger partial charge in [0.05, 0.1) is 44.2 Å². The molecular formula is C12H16ClN3O2S. The number of benzene rings is 1. The number of carboxylic acids is 1. The van der Waals surface area contributed by atoms with Gasteiger partial charge in [-0.1, -0.05) is 16.6 Å². The van der Waals surface area contributed by atoms with Crippen LogP contribution in [-0.4, -0.2) is 53.6 Å². The number of carbonyl (C=O) groups excluding carboxylic acids is 1. The lowest BCUT2D eigenvalue weighted by Gasteiger charge is -2.21. The number of aromatic carboxylic acids is 1. The maximum absolute atomic E-state index is 10.6. The molecule has 0 saturated heterocycles. The number of hydrogen-bond donors (Lipinski definition) is 0. The Kier molecular flexibility index (Phi) is 5.65. The molecule has 0 unspecified atom stereocenters. The van der Waals surface area contributed by atoms with Gasteiger partial charge < -0.3 is 14.4 Å². The second kappa shape index (κ2) is 6.79. The van der Waals surface area contributed by atoms with Crippen molar-refractivity contribution in [2.24, 2.45) is 0 Å². The smallest absolute Gasteiger partial charge is 0.106 e. The van der Waals surface area contributed by atoms with Crippen molar-refractivity contribution in [1.82, 2.24) is 9.59 Å². The van der Waals surface area contributed by atoms with E-state index >= 15 is 0 Å². The number of nitrogens with zero attached hydrogens (tertiary/aromatic N) is 3. The summed E-state index contributed by atoms with van der Waals surface area (Å²) in [6.07, 6.45) is 0. The van der Waals surface area contributed by atoms with E-state index in [0.717, 1.165) is 28.4 Å². The first-order valence-electron chi connectivity index (χ1n) is 5.64. The van der Waals surface area contributed by atoms with E-state index < -0.39 is 5.97 Å². The molecule has 2 rings (SSSR count). The van der Waals surface area contributed by atoms with Gasteiger partial charge in [-0.2, -0.15) is 0 Å². The maximum Gasteiger partial charge on any atom is 0.106 e. The SMILES string of the molecule is C[N+](C)(C)CCCl.O=C([O-])c1cccc2nnsc12. The topological polar surface area (TPSA) is 65.9 Å². The molecule has 0 bridgehead atoms. The fraction of sp³-hybridized carbons (Fsp3) is 0.417. The normalized spacial score (nSPS) is 10.9. The molecule has 1 aromatic carbocycles. The minimum atomic E-state index is -1.19. The summed E-state index contributed by atoms with van der Waals surface area (Å²) < 4.78 is 5.17. The third-order valence-corrected chi connectivity index (χ3v) is 3.19. The molecule has 0 aliphatic heterocycles. The number of hydrogen-bond acceptors (Lipinski definition) is 5. The number of rotatable bonds is 3. The number of alkyl halides is 1. The lowest BCUT2D eigenvalue weighted by atomic mass is 10.2. The van der Waals surface area contributed by atoms with Gasteiger partial charge in [0.1, 0.15) is 5.52 Å². The number of quaternary nitrogens is 1. The van der Waals surface area contributed by atoms with Gasteiger partial charge in [0, 0.05) is 5.56 Å². The number of fused-ring (bicyclic) bond motifs is 1. The Labute approximate surface area is 121 Å². The minimum absolute atomic E-state index is 0.155. The molecule has 104 valence electrons. The van der Waals surface area contributed by atoms with Crippen LogP contribution in [0.4, 0.5) is 0 Å². The molecule has 0 spiro atoms. The van der Waals surface area contributed by atoms with Crippen molar-refractivity contribution in [2.75, 3.05) is 33.6 Å². The zero-order valence-electron chi connectivity index (χ0n) is 11.1. The third kappa shape index (κ3) is 5.10. The first-order chi connectivity index (χ1) is 8.85. The van der Waals surface area contributed by atoms with Gasteiger partial charge in [-0.05, 0) is 17.6 Å². The Morgan fingerprint density at radius 2 is 2.11 bits per heavy atom. The summed E-state index contributed by atoms with van der Waals surface area (Å²) >= 11 is 6.53. The lowest BCUT2D eigenvalue weighted by Crippen LogP contribution is -2.35. The number of carboxylic acid groups (broad SMARTS) is 1. The van der Waals surface area contributed by atoms with E-state index in [0.29, 0.717) is 10.2 Å². The van der Waals surface area contributed by atoms with E-state index in [4.69, 9.17) is 11.6 Å². The van der Waals surface area contributed by atoms with Gasteiger partial charge in [0.2, 0.25) is 0 Å². The van der Waals surface area contributed by atoms with Gasteiger partial charge in [0.25, 0.3) is 0 Å². The molecule has 0 aliphatic carbocycles. The summed E-state index contributed by atoms with van der Waals surface area (Å²) in [6.45, 7) is 1.04. The van der Waals surface area contributed by atoms with E-state index in [1.54, 1.807) is 12.1 Å². The minimum Gasteiger partial charge on any atom is -0.545 e. The Morgan fingerprint density at radius 1 is 1.42 bits per heavy atom. The monoisotopic (exact) mass is 301 g/mol. The van der Waals surface area contributed by atoms with Crippen LogP contribution in [0.5, 0.6) is 0 Å². The van der Waals surface area contributed by atoms with Crippen LogP contribution in [0.25, 0.3) is 10.2 Å². The molecule has 0 atom stereocenters. The first kappa shape index (κ1) is 15.8. The predicted molar refractivity (Wildman–Crippen MR) is 75.4 cm³/mol. The van der Waals surface area contributed by atoms with E-state index in [1.807, 2.05) is 0 Å². The van der Waals surface area contributed by atoms with Crippen molar-refractivity contribution >= 4 is 39.3 Å². The predicted octanol–water partition coefficient (Wildman–Crippen LogP) is 0.986. The lowest BCUT2D eigenvalue weighted by molar-refractivity contribution is -0.867. The Hall–Kier alpha value is -1.24. The highest BCUT2D eigenvalue weighted by molar-refractivity contribution is 7.13. The fourth-order valence-electron chi connectivity index (χ4n) is 1.22. The molecule has 0 radical (unpaired) electrons. The molecule has 7 heteroatoms. The van der Waals surface area contributed by atoms with Gasteiger partial charge in [-0.3, -0.25) is 0 Å². The molecule has 2 aromatic rings. The van der Waals surface area contributed by atoms with Crippen LogP contribution < -0.4 is 5.11 Å². The standard InChI is InChI=1S/C7H4N2O2S.C5H13ClN/c10-7(11)4-2-1-3-5-6(4)12-9-8-5;1-7(2,3)5-4-6/h1-3H,(H,10,11);4-5H2,1-3H3/q;+1/p-1. The van der Waals surface area contributed by atoms with Crippen molar-refractivity contribution in [1.29, 1.82) is 0 Å². The molecule has 0 fully saturated rings. The van der Waals surface area contributed by atoms with Crippen LogP contribution in [0.3, 0.4) is 0 Å². The molecule has 0 aliphatic rings. The first-order valence-corrected chi connectivity index (χ1v) is 6.95. The van der Waals surface area contributed by atoms with Crippen LogP contribution in [-0.2, 0) is 0 Å². The Morgan fingerprint density at radius 3 is 2.58 bits per heavy atom. The Bertz CT molecular complexity index is 551. The van der Waals surface area contributed by atoms with Crippen LogP contribution in [0.1, 0.15) is 10.4 Å². The van der Waals surface area contributed by atoms with E-state index in [1.165, 1.54) is 6.07 Å². The van der Waals surface area contributed by atoms with Crippen molar-refractivity contribution < 1.29 is 14.4 Å². The highest BCUT2D eigenvalue weighted by Crippen LogP contribution is 2.19. The summed E-state index contributed by atoms with van der Waals surface area (Å²) in [6, 6.07) is 4.82. The highest BCUT2D eigenvalue weighted by atomic mass is 35.5. The zero-order valence-corrected chi connectivity index (χ0v) is 12.7. The highest BCUT2D eigenvalue weighted by Gasteiger charge is 2.04. The third-order valence-electron chi connectivity index (χ3n) is 2.25. The van der Waals surface area contributed by atoms with Crippen molar-refractivity contribution in [3.05, 3.63) is 23.8 Å². The molecule has 0 saturated carbocycles. The average Bonchev–Trinajstić information content (AvgIpc) is 2.75. The summed E-state index contributed by atoms with van der Waals surface area (Å²) in [5.41, 5.74) is 0.754. The van der Waals surface area contributed by atoms with Crippen molar-refractivity contribution in [2.45, 2.75) is 0 Å². The second-order valence-corrected chi connectivity index (χ2v) is 6.05. The summed E-state index contributed by atoms with van der Waals surface area (Å²) in [5, 5.41) is 14.3. The largest absolute Gasteiger partial charge is 0.545 e. The quantitative estimate of drug-likeness (QED) is 0.626. The second-order valence-electron chi connectivity index (χ2n) is 4.92. The molecule has 1 aromatic heterocycles. The molecule has 19 heavy (non-hydrogen) atoms. The van der Waals surface area contributed by atoms with E-state index in [2.05, 4.69) is 30.7 Å². The van der Waals surface area contributed by atoms with Crippen molar-refractivity contribution in [3.63, 3.8) is 0 Å². The van der Waals surface area contributed by atoms with E-state index in [9.17, 15) is 9.90 Å². The van der Waals surface area contributed by atoms with Gasteiger partial charge >= 0.3 is 0 Å². The average molecular weight is 302 g/mol. The van der Waals surface area contributed by atoms with Gasteiger partial charge in [-0.25, -0.2) is 0 Å². The van der Waals surface area contributed by atoms with E-state index in [-0.39, 0.29) is 5.56 Å². The summed E-state index contributed by atoms with van der Waals surface area (Å²) in [4.78, 5) is 10.6. The fourth-order valence-corrected chi connectivity index (χ4v) is 2.39. The number of halogens is 1. The molecule has 1 heterocycles. The van der Waals surface area contributed by atoms with Crippen molar-refractivity contribution in [3.8, 4) is 0 Å². The molecule has 0 N–H and O–H groups in total. The number of carbonyl (C=O) groups is 1.